The van der Waals surface area contributed by atoms with Crippen molar-refractivity contribution in [3.05, 3.63) is 65.7 Å². The third-order valence-corrected chi connectivity index (χ3v) is 5.20. The van der Waals surface area contributed by atoms with Gasteiger partial charge in [-0.25, -0.2) is 0 Å². The van der Waals surface area contributed by atoms with Gasteiger partial charge in [-0.1, -0.05) is 18.2 Å². The van der Waals surface area contributed by atoms with Crippen LogP contribution in [0.3, 0.4) is 0 Å². The van der Waals surface area contributed by atoms with Gasteiger partial charge in [0.05, 0.1) is 12.8 Å². The van der Waals surface area contributed by atoms with Crippen LogP contribution in [0.1, 0.15) is 22.3 Å². The fraction of sp³-hybridized carbons (Fsp3) is 0.273. The molecule has 2 aromatic carbocycles. The topological polar surface area (TPSA) is 70.2 Å². The number of anilines is 1. The van der Waals surface area contributed by atoms with E-state index in [9.17, 15) is 4.79 Å². The van der Waals surface area contributed by atoms with Crippen molar-refractivity contribution in [2.75, 3.05) is 25.1 Å². The minimum Gasteiger partial charge on any atom is -0.497 e. The van der Waals surface area contributed by atoms with E-state index in [4.69, 9.17) is 4.74 Å². The number of carbonyl (C=O) groups excluding carboxylic acids is 1. The summed E-state index contributed by atoms with van der Waals surface area (Å²) in [7, 11) is 1.66. The van der Waals surface area contributed by atoms with Crippen molar-refractivity contribution < 1.29 is 9.53 Å². The maximum atomic E-state index is 12.5. The molecule has 0 radical (unpaired) electrons. The quantitative estimate of drug-likeness (QED) is 0.716. The molecule has 0 aliphatic carbocycles. The number of H-pyrrole nitrogens is 1. The minimum atomic E-state index is -0.00843. The molecule has 1 fully saturated rings. The lowest BCUT2D eigenvalue weighted by Crippen LogP contribution is -2.37. The summed E-state index contributed by atoms with van der Waals surface area (Å²) in [4.78, 5) is 14.7. The highest BCUT2D eigenvalue weighted by Crippen LogP contribution is 2.26. The zero-order chi connectivity index (χ0) is 19.5. The van der Waals surface area contributed by atoms with E-state index in [1.54, 1.807) is 7.11 Å². The zero-order valence-corrected chi connectivity index (χ0v) is 16.1. The van der Waals surface area contributed by atoms with E-state index >= 15 is 0 Å². The lowest BCUT2D eigenvalue weighted by Gasteiger charge is -2.16. The highest BCUT2D eigenvalue weighted by molar-refractivity contribution is 5.95. The molecule has 1 atom stereocenters. The Bertz CT molecular complexity index is 965. The van der Waals surface area contributed by atoms with Crippen LogP contribution in [-0.4, -0.2) is 42.3 Å². The molecule has 1 aliphatic rings. The van der Waals surface area contributed by atoms with Gasteiger partial charge < -0.3 is 15.0 Å². The van der Waals surface area contributed by atoms with E-state index in [1.807, 2.05) is 61.5 Å². The second kappa shape index (κ2) is 7.76. The Morgan fingerprint density at radius 1 is 1.21 bits per heavy atom. The van der Waals surface area contributed by atoms with Gasteiger partial charge in [-0.05, 0) is 54.8 Å². The number of nitrogens with one attached hydrogen (secondary N) is 2. The largest absolute Gasteiger partial charge is 0.497 e. The third kappa shape index (κ3) is 3.71. The average molecular weight is 376 g/mol. The van der Waals surface area contributed by atoms with Gasteiger partial charge in [0.25, 0.3) is 5.91 Å². The molecule has 4 rings (SSSR count). The van der Waals surface area contributed by atoms with Crippen LogP contribution in [0.15, 0.2) is 54.6 Å². The second-order valence-corrected chi connectivity index (χ2v) is 7.09. The first-order valence-electron chi connectivity index (χ1n) is 9.45. The molecular formula is C22H24N4O2. The molecule has 0 saturated carbocycles. The van der Waals surface area contributed by atoms with Crippen LogP contribution in [0.5, 0.6) is 5.75 Å². The van der Waals surface area contributed by atoms with Gasteiger partial charge in [0, 0.05) is 30.8 Å². The number of ether oxygens (including phenoxy) is 1. The monoisotopic (exact) mass is 376 g/mol. The molecular weight excluding hydrogens is 352 g/mol. The van der Waals surface area contributed by atoms with Gasteiger partial charge in [0.2, 0.25) is 0 Å². The summed E-state index contributed by atoms with van der Waals surface area (Å²) < 4.78 is 5.21. The third-order valence-electron chi connectivity index (χ3n) is 5.20. The zero-order valence-electron chi connectivity index (χ0n) is 16.1. The number of aryl methyl sites for hydroxylation is 1. The summed E-state index contributed by atoms with van der Waals surface area (Å²) >= 11 is 0. The highest BCUT2D eigenvalue weighted by Gasteiger charge is 2.26. The maximum absolute atomic E-state index is 12.5. The lowest BCUT2D eigenvalue weighted by atomic mass is 10.1. The van der Waals surface area contributed by atoms with E-state index in [1.165, 1.54) is 0 Å². The molecule has 0 unspecified atom stereocenters. The number of benzene rings is 2. The van der Waals surface area contributed by atoms with Gasteiger partial charge >= 0.3 is 0 Å². The van der Waals surface area contributed by atoms with Crippen LogP contribution in [0.2, 0.25) is 0 Å². The Balaban J connectivity index is 1.40. The summed E-state index contributed by atoms with van der Waals surface area (Å²) in [6.07, 6.45) is 0.905. The highest BCUT2D eigenvalue weighted by atomic mass is 16.5. The van der Waals surface area contributed by atoms with Crippen molar-refractivity contribution in [3.63, 3.8) is 0 Å². The van der Waals surface area contributed by atoms with Crippen LogP contribution in [0, 0.1) is 6.92 Å². The first-order chi connectivity index (χ1) is 13.6. The Kier molecular flexibility index (Phi) is 5.02. The summed E-state index contributed by atoms with van der Waals surface area (Å²) in [5.74, 6) is 1.72. The minimum absolute atomic E-state index is 0.00843. The predicted molar refractivity (Wildman–Crippen MR) is 110 cm³/mol. The van der Waals surface area contributed by atoms with Crippen molar-refractivity contribution in [2.24, 2.45) is 0 Å². The van der Waals surface area contributed by atoms with E-state index in [-0.39, 0.29) is 11.9 Å². The number of nitrogens with zero attached hydrogens (tertiary/aromatic N) is 2. The number of aromatic nitrogens is 2. The van der Waals surface area contributed by atoms with Gasteiger partial charge in [-0.15, -0.1) is 0 Å². The first kappa shape index (κ1) is 18.1. The number of carbonyl (C=O) groups is 1. The molecule has 144 valence electrons. The molecule has 1 aliphatic heterocycles. The number of rotatable bonds is 5. The smallest absolute Gasteiger partial charge is 0.251 e. The molecule has 2 N–H and O–H groups in total. The van der Waals surface area contributed by atoms with Crippen LogP contribution >= 0.6 is 0 Å². The number of amides is 1. The number of hydrogen-bond acceptors (Lipinski definition) is 4. The molecule has 28 heavy (non-hydrogen) atoms. The maximum Gasteiger partial charge on any atom is 0.251 e. The van der Waals surface area contributed by atoms with E-state index in [2.05, 4.69) is 20.4 Å². The standard InChI is InChI=1S/C22H24N4O2/c1-15-5-3-4-6-19(15)22(27)23-17-11-12-26(14-17)21-13-20(24-25-21)16-7-9-18(28-2)10-8-16/h3-10,13,17H,11-12,14H2,1-2H3,(H,23,27)(H,24,25)/t17-/m0/s1. The molecule has 6 nitrogen and oxygen atoms in total. The van der Waals surface area contributed by atoms with Crippen LogP contribution in [0.4, 0.5) is 5.82 Å². The molecule has 1 saturated heterocycles. The van der Waals surface area contributed by atoms with Crippen molar-refractivity contribution in [2.45, 2.75) is 19.4 Å². The van der Waals surface area contributed by atoms with Crippen LogP contribution in [-0.2, 0) is 0 Å². The summed E-state index contributed by atoms with van der Waals surface area (Å²) in [6.45, 7) is 3.58. The van der Waals surface area contributed by atoms with Gasteiger partial charge in [0.1, 0.15) is 5.75 Å². The second-order valence-electron chi connectivity index (χ2n) is 7.09. The molecule has 1 amide bonds. The number of methoxy groups -OCH3 is 1. The molecule has 1 aromatic heterocycles. The lowest BCUT2D eigenvalue weighted by molar-refractivity contribution is 0.0940. The molecule has 0 spiro atoms. The number of aromatic amines is 1. The SMILES string of the molecule is COc1ccc(-c2cc(N3CC[C@H](NC(=O)c4ccccc4C)C3)n[nH]2)cc1. The fourth-order valence-electron chi connectivity index (χ4n) is 3.57. The Morgan fingerprint density at radius 3 is 2.75 bits per heavy atom. The summed E-state index contributed by atoms with van der Waals surface area (Å²) in [5, 5.41) is 10.7. The van der Waals surface area contributed by atoms with Crippen molar-refractivity contribution in [1.29, 1.82) is 0 Å². The van der Waals surface area contributed by atoms with Gasteiger partial charge in [-0.2, -0.15) is 5.10 Å². The van der Waals surface area contributed by atoms with Crippen LogP contribution in [0.25, 0.3) is 11.3 Å². The van der Waals surface area contributed by atoms with Crippen LogP contribution < -0.4 is 15.0 Å². The van der Waals surface area contributed by atoms with Gasteiger partial charge in [0.15, 0.2) is 5.82 Å². The normalized spacial score (nSPS) is 16.2. The first-order valence-corrected chi connectivity index (χ1v) is 9.45. The van der Waals surface area contributed by atoms with E-state index in [0.717, 1.165) is 53.5 Å². The Hall–Kier alpha value is -3.28. The number of hydrogen-bond donors (Lipinski definition) is 2. The van der Waals surface area contributed by atoms with E-state index < -0.39 is 0 Å². The van der Waals surface area contributed by atoms with Crippen molar-refractivity contribution in [1.82, 2.24) is 15.5 Å². The Morgan fingerprint density at radius 2 is 2.00 bits per heavy atom. The molecule has 0 bridgehead atoms. The molecule has 6 heteroatoms. The van der Waals surface area contributed by atoms with E-state index in [0.29, 0.717) is 0 Å². The molecule has 2 heterocycles. The van der Waals surface area contributed by atoms with Gasteiger partial charge in [-0.3, -0.25) is 9.89 Å². The Labute approximate surface area is 164 Å². The predicted octanol–water partition coefficient (Wildman–Crippen LogP) is 3.40. The molecule has 3 aromatic rings. The fourth-order valence-corrected chi connectivity index (χ4v) is 3.57. The van der Waals surface area contributed by atoms with Crippen molar-refractivity contribution in [3.8, 4) is 17.0 Å². The summed E-state index contributed by atoms with van der Waals surface area (Å²) in [5.41, 5.74) is 3.75. The average Bonchev–Trinajstić information content (AvgIpc) is 3.38. The van der Waals surface area contributed by atoms with Crippen molar-refractivity contribution >= 4 is 11.7 Å². The summed E-state index contributed by atoms with van der Waals surface area (Å²) in [6, 6.07) is 17.7.